The van der Waals surface area contributed by atoms with E-state index in [1.165, 1.54) is 0 Å². The molecule has 0 unspecified atom stereocenters. The Bertz CT molecular complexity index is 337. The van der Waals surface area contributed by atoms with E-state index in [0.717, 1.165) is 0 Å². The van der Waals surface area contributed by atoms with Gasteiger partial charge in [-0.3, -0.25) is 0 Å². The van der Waals surface area contributed by atoms with Gasteiger partial charge < -0.3 is 14.8 Å². The molecule has 5 nitrogen and oxygen atoms in total. The van der Waals surface area contributed by atoms with Crippen molar-refractivity contribution in [2.75, 3.05) is 6.61 Å². The predicted octanol–water partition coefficient (Wildman–Crippen LogP) is 3.37. The molecule has 21 heavy (non-hydrogen) atoms. The van der Waals surface area contributed by atoms with Gasteiger partial charge in [-0.05, 0) is 45.4 Å². The van der Waals surface area contributed by atoms with Crippen molar-refractivity contribution in [3.8, 4) is 0 Å². The van der Waals surface area contributed by atoms with Gasteiger partial charge in [-0.1, -0.05) is 27.7 Å². The molecule has 0 aliphatic carbocycles. The van der Waals surface area contributed by atoms with Crippen LogP contribution >= 0.6 is 0 Å². The summed E-state index contributed by atoms with van der Waals surface area (Å²) < 4.78 is 10.4. The third kappa shape index (κ3) is 7.34. The van der Waals surface area contributed by atoms with Crippen molar-refractivity contribution in [3.05, 3.63) is 0 Å². The zero-order valence-electron chi connectivity index (χ0n) is 14.6. The number of hydrogen-bond acceptors (Lipinski definition) is 4. The molecule has 0 radical (unpaired) electrons. The molecule has 0 saturated carbocycles. The highest BCUT2D eigenvalue weighted by Crippen LogP contribution is 2.25. The summed E-state index contributed by atoms with van der Waals surface area (Å²) in [6, 6.07) is -0.695. The minimum absolute atomic E-state index is 0.0171. The number of ether oxygens (including phenoxy) is 2. The van der Waals surface area contributed by atoms with Crippen LogP contribution < -0.4 is 5.32 Å². The average Bonchev–Trinajstić information content (AvgIpc) is 2.24. The summed E-state index contributed by atoms with van der Waals surface area (Å²) in [6.45, 7) is 15.5. The second kappa shape index (κ2) is 8.25. The van der Waals surface area contributed by atoms with Crippen LogP contribution in [-0.4, -0.2) is 30.3 Å². The summed E-state index contributed by atoms with van der Waals surface area (Å²) in [5, 5.41) is 2.69. The maximum atomic E-state index is 12.2. The zero-order valence-corrected chi connectivity index (χ0v) is 14.6. The smallest absolute Gasteiger partial charge is 0.408 e. The van der Waals surface area contributed by atoms with E-state index in [0.29, 0.717) is 0 Å². The van der Waals surface area contributed by atoms with E-state index in [1.807, 2.05) is 27.7 Å². The molecule has 1 atom stereocenters. The highest BCUT2D eigenvalue weighted by molar-refractivity contribution is 5.81. The Labute approximate surface area is 128 Å². The lowest BCUT2D eigenvalue weighted by Crippen LogP contribution is -2.51. The van der Waals surface area contributed by atoms with E-state index in [2.05, 4.69) is 5.32 Å². The first-order valence-electron chi connectivity index (χ1n) is 7.65. The molecule has 0 aromatic heterocycles. The van der Waals surface area contributed by atoms with Crippen molar-refractivity contribution in [1.82, 2.24) is 5.32 Å². The van der Waals surface area contributed by atoms with Gasteiger partial charge in [0.1, 0.15) is 11.6 Å². The second-order valence-electron chi connectivity index (χ2n) is 6.94. The van der Waals surface area contributed by atoms with Gasteiger partial charge in [0, 0.05) is 0 Å². The lowest BCUT2D eigenvalue weighted by Gasteiger charge is -2.32. The number of carbonyl (C=O) groups excluding carboxylic acids is 2. The van der Waals surface area contributed by atoms with Crippen LogP contribution in [0.25, 0.3) is 0 Å². The van der Waals surface area contributed by atoms with E-state index < -0.39 is 23.7 Å². The Morgan fingerprint density at radius 2 is 1.52 bits per heavy atom. The summed E-state index contributed by atoms with van der Waals surface area (Å²) in [5.74, 6) is 0.0380. The molecular formula is C16H31NO4. The highest BCUT2D eigenvalue weighted by atomic mass is 16.6. The van der Waals surface area contributed by atoms with Crippen LogP contribution in [0.3, 0.4) is 0 Å². The van der Waals surface area contributed by atoms with Crippen LogP contribution in [0.4, 0.5) is 4.79 Å². The lowest BCUT2D eigenvalue weighted by molar-refractivity contribution is -0.148. The number of carbonyl (C=O) groups is 2. The summed E-state index contributed by atoms with van der Waals surface area (Å²) >= 11 is 0. The van der Waals surface area contributed by atoms with Crippen LogP contribution in [0, 0.1) is 17.8 Å². The summed E-state index contributed by atoms with van der Waals surface area (Å²) in [4.78, 5) is 24.2. The minimum atomic E-state index is -0.695. The van der Waals surface area contributed by atoms with E-state index in [4.69, 9.17) is 9.47 Å². The third-order valence-corrected chi connectivity index (χ3v) is 3.14. The first-order chi connectivity index (χ1) is 9.49. The van der Waals surface area contributed by atoms with Gasteiger partial charge in [-0.25, -0.2) is 9.59 Å². The minimum Gasteiger partial charge on any atom is -0.464 e. The molecule has 5 heteroatoms. The molecule has 0 spiro atoms. The van der Waals surface area contributed by atoms with Gasteiger partial charge in [0.05, 0.1) is 6.61 Å². The van der Waals surface area contributed by atoms with E-state index >= 15 is 0 Å². The predicted molar refractivity (Wildman–Crippen MR) is 83.0 cm³/mol. The Morgan fingerprint density at radius 1 is 1.05 bits per heavy atom. The van der Waals surface area contributed by atoms with Gasteiger partial charge in [0.15, 0.2) is 0 Å². The maximum absolute atomic E-state index is 12.2. The van der Waals surface area contributed by atoms with Gasteiger partial charge in [-0.2, -0.15) is 0 Å². The van der Waals surface area contributed by atoms with Crippen LogP contribution in [0.1, 0.15) is 55.4 Å². The van der Waals surface area contributed by atoms with Crippen molar-refractivity contribution in [2.45, 2.75) is 67.0 Å². The quantitative estimate of drug-likeness (QED) is 0.764. The first-order valence-corrected chi connectivity index (χ1v) is 7.65. The molecule has 0 bridgehead atoms. The largest absolute Gasteiger partial charge is 0.464 e. The summed E-state index contributed by atoms with van der Waals surface area (Å²) in [7, 11) is 0. The number of esters is 1. The maximum Gasteiger partial charge on any atom is 0.408 e. The monoisotopic (exact) mass is 301 g/mol. The van der Waals surface area contributed by atoms with Gasteiger partial charge >= 0.3 is 12.1 Å². The Kier molecular flexibility index (Phi) is 7.75. The molecule has 124 valence electrons. The zero-order chi connectivity index (χ0) is 16.8. The van der Waals surface area contributed by atoms with Crippen molar-refractivity contribution in [1.29, 1.82) is 0 Å². The Balaban J connectivity index is 5.14. The summed E-state index contributed by atoms with van der Waals surface area (Å²) in [5.41, 5.74) is -0.603. The Hall–Kier alpha value is -1.26. The average molecular weight is 301 g/mol. The van der Waals surface area contributed by atoms with Gasteiger partial charge in [-0.15, -0.1) is 0 Å². The van der Waals surface area contributed by atoms with Crippen molar-refractivity contribution in [3.63, 3.8) is 0 Å². The van der Waals surface area contributed by atoms with Crippen molar-refractivity contribution >= 4 is 12.1 Å². The standard InChI is InChI=1S/C16H31NO4/c1-9-20-14(18)13(12(10(2)3)11(4)5)17-15(19)21-16(6,7)8/h10-13H,9H2,1-8H3,(H,17,19)/t13-/m0/s1. The molecule has 0 rings (SSSR count). The molecular weight excluding hydrogens is 270 g/mol. The second-order valence-corrected chi connectivity index (χ2v) is 6.94. The Morgan fingerprint density at radius 3 is 1.86 bits per heavy atom. The van der Waals surface area contributed by atoms with Crippen LogP contribution in [0.5, 0.6) is 0 Å². The fraction of sp³-hybridized carbons (Fsp3) is 0.875. The molecule has 0 heterocycles. The van der Waals surface area contributed by atoms with E-state index in [-0.39, 0.29) is 24.4 Å². The molecule has 0 aliphatic rings. The molecule has 1 N–H and O–H groups in total. The third-order valence-electron chi connectivity index (χ3n) is 3.14. The van der Waals surface area contributed by atoms with E-state index in [9.17, 15) is 9.59 Å². The SMILES string of the molecule is CCOC(=O)[C@@H](NC(=O)OC(C)(C)C)C(C(C)C)C(C)C. The number of amides is 1. The molecule has 0 aromatic carbocycles. The topological polar surface area (TPSA) is 64.6 Å². The number of hydrogen-bond donors (Lipinski definition) is 1. The fourth-order valence-corrected chi connectivity index (χ4v) is 2.52. The van der Waals surface area contributed by atoms with Crippen LogP contribution in [-0.2, 0) is 14.3 Å². The number of nitrogens with one attached hydrogen (secondary N) is 1. The van der Waals surface area contributed by atoms with Gasteiger partial charge in [0.25, 0.3) is 0 Å². The fourth-order valence-electron chi connectivity index (χ4n) is 2.52. The highest BCUT2D eigenvalue weighted by Gasteiger charge is 2.36. The first kappa shape index (κ1) is 19.7. The van der Waals surface area contributed by atoms with Crippen LogP contribution in [0.2, 0.25) is 0 Å². The number of alkyl carbamates (subject to hydrolysis) is 1. The molecule has 1 amide bonds. The number of rotatable bonds is 6. The normalized spacial score (nSPS) is 13.5. The molecule has 0 aromatic rings. The van der Waals surface area contributed by atoms with Crippen molar-refractivity contribution in [2.24, 2.45) is 17.8 Å². The lowest BCUT2D eigenvalue weighted by atomic mass is 9.80. The summed E-state index contributed by atoms with van der Waals surface area (Å²) in [6.07, 6.45) is -0.591. The van der Waals surface area contributed by atoms with Gasteiger partial charge in [0.2, 0.25) is 0 Å². The van der Waals surface area contributed by atoms with Crippen molar-refractivity contribution < 1.29 is 19.1 Å². The van der Waals surface area contributed by atoms with E-state index in [1.54, 1.807) is 27.7 Å². The molecule has 0 fully saturated rings. The molecule has 0 saturated heterocycles. The van der Waals surface area contributed by atoms with Crippen LogP contribution in [0.15, 0.2) is 0 Å². The molecule has 0 aliphatic heterocycles.